The summed E-state index contributed by atoms with van der Waals surface area (Å²) in [5.74, 6) is 0.814. The van der Waals surface area contributed by atoms with Crippen molar-refractivity contribution in [1.82, 2.24) is 4.98 Å². The second-order valence-corrected chi connectivity index (χ2v) is 6.22. The first-order valence-corrected chi connectivity index (χ1v) is 8.00. The molecule has 0 fully saturated rings. The Morgan fingerprint density at radius 1 is 1.10 bits per heavy atom. The monoisotopic (exact) mass is 360 g/mol. The van der Waals surface area contributed by atoms with Crippen molar-refractivity contribution in [2.45, 2.75) is 0 Å². The number of anilines is 1. The van der Waals surface area contributed by atoms with Crippen LogP contribution in [0.3, 0.4) is 0 Å². The van der Waals surface area contributed by atoms with E-state index < -0.39 is 0 Å². The molecular weight excluding hydrogens is 348 g/mol. The number of rotatable bonds is 3. The van der Waals surface area contributed by atoms with Gasteiger partial charge in [0.2, 0.25) is 0 Å². The normalized spacial score (nSPS) is 10.6. The summed E-state index contributed by atoms with van der Waals surface area (Å²) in [6.45, 7) is 0. The number of nitrogen functional groups attached to an aromatic ring is 1. The van der Waals surface area contributed by atoms with E-state index >= 15 is 0 Å². The minimum atomic E-state index is 0.758. The Morgan fingerprint density at radius 3 is 2.48 bits per heavy atom. The second-order valence-electron chi connectivity index (χ2n) is 4.51. The molecule has 0 aliphatic rings. The van der Waals surface area contributed by atoms with Gasteiger partial charge in [0, 0.05) is 22.2 Å². The Morgan fingerprint density at radius 2 is 1.81 bits per heavy atom. The number of benzene rings is 2. The van der Waals surface area contributed by atoms with Crippen molar-refractivity contribution >= 4 is 33.0 Å². The van der Waals surface area contributed by atoms with Crippen LogP contribution in [0.2, 0.25) is 0 Å². The fourth-order valence-electron chi connectivity index (χ4n) is 1.99. The number of ether oxygens (including phenoxy) is 1. The van der Waals surface area contributed by atoms with Crippen LogP contribution in [0, 0.1) is 0 Å². The van der Waals surface area contributed by atoms with Crippen LogP contribution in [-0.4, -0.2) is 12.1 Å². The summed E-state index contributed by atoms with van der Waals surface area (Å²) in [6.07, 6.45) is 0. The molecule has 3 rings (SSSR count). The van der Waals surface area contributed by atoms with Gasteiger partial charge in [-0.05, 0) is 46.3 Å². The van der Waals surface area contributed by atoms with Crippen LogP contribution in [-0.2, 0) is 0 Å². The first kappa shape index (κ1) is 14.1. The molecule has 0 aliphatic heterocycles. The van der Waals surface area contributed by atoms with Gasteiger partial charge in [-0.25, -0.2) is 4.98 Å². The highest BCUT2D eigenvalue weighted by molar-refractivity contribution is 9.10. The van der Waals surface area contributed by atoms with E-state index in [1.807, 2.05) is 42.5 Å². The lowest BCUT2D eigenvalue weighted by Crippen LogP contribution is -1.86. The number of hydrogen-bond donors (Lipinski definition) is 1. The molecule has 0 atom stereocenters. The number of halogens is 1. The molecule has 3 aromatic rings. The highest BCUT2D eigenvalue weighted by atomic mass is 79.9. The van der Waals surface area contributed by atoms with E-state index in [4.69, 9.17) is 15.5 Å². The molecule has 106 valence electrons. The van der Waals surface area contributed by atoms with Crippen LogP contribution in [0.15, 0.2) is 52.3 Å². The fourth-order valence-corrected chi connectivity index (χ4v) is 3.36. The van der Waals surface area contributed by atoms with E-state index in [-0.39, 0.29) is 0 Å². The minimum Gasteiger partial charge on any atom is -0.496 e. The molecule has 0 saturated carbocycles. The van der Waals surface area contributed by atoms with E-state index in [1.165, 1.54) is 0 Å². The van der Waals surface area contributed by atoms with Crippen molar-refractivity contribution in [3.63, 3.8) is 0 Å². The first-order chi connectivity index (χ1) is 10.2. The predicted molar refractivity (Wildman–Crippen MR) is 91.7 cm³/mol. The molecule has 0 unspecified atom stereocenters. The lowest BCUT2D eigenvalue weighted by molar-refractivity contribution is 0.412. The number of aromatic nitrogens is 1. The molecule has 21 heavy (non-hydrogen) atoms. The SMILES string of the molecule is COc1ccc(-c2nc(-c3ccc(N)cc3)cs2)cc1Br. The Kier molecular flexibility index (Phi) is 3.94. The Bertz CT molecular complexity index is 768. The largest absolute Gasteiger partial charge is 0.496 e. The van der Waals surface area contributed by atoms with Gasteiger partial charge in [-0.2, -0.15) is 0 Å². The van der Waals surface area contributed by atoms with Gasteiger partial charge in [0.15, 0.2) is 0 Å². The third-order valence-electron chi connectivity index (χ3n) is 3.11. The summed E-state index contributed by atoms with van der Waals surface area (Å²) in [5, 5.41) is 3.03. The van der Waals surface area contributed by atoms with Crippen molar-refractivity contribution in [2.75, 3.05) is 12.8 Å². The van der Waals surface area contributed by atoms with Crippen LogP contribution in [0.1, 0.15) is 0 Å². The Hall–Kier alpha value is -1.85. The van der Waals surface area contributed by atoms with Gasteiger partial charge in [-0.1, -0.05) is 12.1 Å². The number of nitrogens with zero attached hydrogens (tertiary/aromatic N) is 1. The summed E-state index contributed by atoms with van der Waals surface area (Å²) in [5.41, 5.74) is 9.56. The van der Waals surface area contributed by atoms with Crippen molar-refractivity contribution in [1.29, 1.82) is 0 Å². The molecule has 0 amide bonds. The Labute approximate surface area is 135 Å². The van der Waals surface area contributed by atoms with Gasteiger partial charge < -0.3 is 10.5 Å². The van der Waals surface area contributed by atoms with Gasteiger partial charge in [0.05, 0.1) is 17.3 Å². The molecule has 2 N–H and O–H groups in total. The van der Waals surface area contributed by atoms with Crippen molar-refractivity contribution in [2.24, 2.45) is 0 Å². The lowest BCUT2D eigenvalue weighted by atomic mass is 10.1. The van der Waals surface area contributed by atoms with E-state index in [2.05, 4.69) is 21.3 Å². The van der Waals surface area contributed by atoms with Crippen LogP contribution >= 0.6 is 27.3 Å². The zero-order valence-corrected chi connectivity index (χ0v) is 13.7. The van der Waals surface area contributed by atoms with Crippen LogP contribution in [0.25, 0.3) is 21.8 Å². The highest BCUT2D eigenvalue weighted by Crippen LogP contribution is 2.33. The first-order valence-electron chi connectivity index (χ1n) is 6.33. The van der Waals surface area contributed by atoms with Crippen molar-refractivity contribution in [3.05, 3.63) is 52.3 Å². The lowest BCUT2D eigenvalue weighted by Gasteiger charge is -2.04. The number of thiazole rings is 1. The molecule has 5 heteroatoms. The molecular formula is C16H13BrN2OS. The molecule has 0 saturated heterocycles. The molecule has 1 heterocycles. The van der Waals surface area contributed by atoms with Crippen molar-refractivity contribution < 1.29 is 4.74 Å². The van der Waals surface area contributed by atoms with Gasteiger partial charge in [-0.15, -0.1) is 11.3 Å². The average Bonchev–Trinajstić information content (AvgIpc) is 2.98. The molecule has 1 aromatic heterocycles. The molecule has 0 bridgehead atoms. The topological polar surface area (TPSA) is 48.1 Å². The number of nitrogens with two attached hydrogens (primary N) is 1. The molecule has 0 aliphatic carbocycles. The molecule has 0 radical (unpaired) electrons. The minimum absolute atomic E-state index is 0.758. The summed E-state index contributed by atoms with van der Waals surface area (Å²) in [4.78, 5) is 4.69. The standard InChI is InChI=1S/C16H13BrN2OS/c1-20-15-7-4-11(8-13(15)17)16-19-14(9-21-16)10-2-5-12(18)6-3-10/h2-9H,18H2,1H3. The van der Waals surface area contributed by atoms with E-state index in [1.54, 1.807) is 18.4 Å². The summed E-state index contributed by atoms with van der Waals surface area (Å²) in [7, 11) is 1.66. The van der Waals surface area contributed by atoms with Crippen molar-refractivity contribution in [3.8, 4) is 27.6 Å². The number of hydrogen-bond acceptors (Lipinski definition) is 4. The van der Waals surface area contributed by atoms with E-state index in [0.717, 1.165) is 37.7 Å². The van der Waals surface area contributed by atoms with Crippen LogP contribution in [0.4, 0.5) is 5.69 Å². The fraction of sp³-hybridized carbons (Fsp3) is 0.0625. The Balaban J connectivity index is 1.94. The van der Waals surface area contributed by atoms with Crippen LogP contribution < -0.4 is 10.5 Å². The maximum atomic E-state index is 5.71. The van der Waals surface area contributed by atoms with Gasteiger partial charge in [0.25, 0.3) is 0 Å². The molecule has 0 spiro atoms. The highest BCUT2D eigenvalue weighted by Gasteiger charge is 2.09. The van der Waals surface area contributed by atoms with Crippen LogP contribution in [0.5, 0.6) is 5.75 Å². The van der Waals surface area contributed by atoms with E-state index in [0.29, 0.717) is 0 Å². The summed E-state index contributed by atoms with van der Waals surface area (Å²) >= 11 is 5.12. The zero-order chi connectivity index (χ0) is 14.8. The maximum Gasteiger partial charge on any atom is 0.133 e. The zero-order valence-electron chi connectivity index (χ0n) is 11.3. The predicted octanol–water partition coefficient (Wildman–Crippen LogP) is 4.83. The summed E-state index contributed by atoms with van der Waals surface area (Å²) < 4.78 is 6.17. The summed E-state index contributed by atoms with van der Waals surface area (Å²) in [6, 6.07) is 13.7. The third-order valence-corrected chi connectivity index (χ3v) is 4.62. The maximum absolute atomic E-state index is 5.71. The average molecular weight is 361 g/mol. The second kappa shape index (κ2) is 5.87. The molecule has 3 nitrogen and oxygen atoms in total. The molecule has 2 aromatic carbocycles. The van der Waals surface area contributed by atoms with Gasteiger partial charge in [-0.3, -0.25) is 0 Å². The number of methoxy groups -OCH3 is 1. The van der Waals surface area contributed by atoms with Gasteiger partial charge in [0.1, 0.15) is 10.8 Å². The van der Waals surface area contributed by atoms with Gasteiger partial charge >= 0.3 is 0 Å². The smallest absolute Gasteiger partial charge is 0.133 e. The third kappa shape index (κ3) is 2.94. The van der Waals surface area contributed by atoms with E-state index in [9.17, 15) is 0 Å². The quantitative estimate of drug-likeness (QED) is 0.680.